The number of hydrogen-bond donors (Lipinski definition) is 7. The molecule has 29 heavy (non-hydrogen) atoms. The summed E-state index contributed by atoms with van der Waals surface area (Å²) in [5, 5.41) is 34.8. The first-order valence-corrected chi connectivity index (χ1v) is 10.5. The molecule has 0 rings (SSSR count). The highest BCUT2D eigenvalue weighted by molar-refractivity contribution is 7.98. The normalized spacial score (nSPS) is 16.3. The standard InChI is InChI=1S/C17H32N4O7S/c1-8(2)12(18)16(26)19-10(5-6-29-4)14(24)20-11(7-22)15(25)21-13(9(3)23)17(27)28/h8-13,22-23H,5-7,18H2,1-4H3,(H,19,26)(H,20,24)(H,21,25)(H,27,28). The Hall–Kier alpha value is -1.89. The molecule has 0 radical (unpaired) electrons. The number of aliphatic carboxylic acids is 1. The molecule has 5 unspecified atom stereocenters. The van der Waals surface area contributed by atoms with Gasteiger partial charge in [-0.2, -0.15) is 11.8 Å². The minimum Gasteiger partial charge on any atom is -0.480 e. The number of carboxylic acid groups (broad SMARTS) is 1. The Bertz CT molecular complexity index is 574. The van der Waals surface area contributed by atoms with E-state index in [0.29, 0.717) is 5.75 Å². The molecule has 0 aliphatic heterocycles. The highest BCUT2D eigenvalue weighted by atomic mass is 32.2. The van der Waals surface area contributed by atoms with Crippen molar-refractivity contribution < 1.29 is 34.5 Å². The van der Waals surface area contributed by atoms with Gasteiger partial charge in [0.25, 0.3) is 0 Å². The Morgan fingerprint density at radius 3 is 1.90 bits per heavy atom. The third-order valence-corrected chi connectivity index (χ3v) is 4.77. The number of nitrogens with two attached hydrogens (primary N) is 1. The number of rotatable bonds is 13. The summed E-state index contributed by atoms with van der Waals surface area (Å²) in [6.07, 6.45) is 0.690. The van der Waals surface area contributed by atoms with Gasteiger partial charge in [0.05, 0.1) is 18.8 Å². The number of nitrogens with one attached hydrogen (secondary N) is 3. The number of amides is 3. The number of hydrogen-bond acceptors (Lipinski definition) is 8. The summed E-state index contributed by atoms with van der Waals surface area (Å²) in [4.78, 5) is 48.1. The zero-order valence-corrected chi connectivity index (χ0v) is 17.9. The molecule has 0 aromatic rings. The van der Waals surface area contributed by atoms with Gasteiger partial charge in [-0.3, -0.25) is 14.4 Å². The summed E-state index contributed by atoms with van der Waals surface area (Å²) in [5.41, 5.74) is 5.79. The molecule has 3 amide bonds. The van der Waals surface area contributed by atoms with E-state index in [0.717, 1.165) is 0 Å². The average molecular weight is 437 g/mol. The number of aliphatic hydroxyl groups is 2. The fourth-order valence-electron chi connectivity index (χ4n) is 2.18. The SMILES string of the molecule is CSCCC(NC(=O)C(N)C(C)C)C(=O)NC(CO)C(=O)NC(C(=O)O)C(C)O. The average Bonchev–Trinajstić information content (AvgIpc) is 2.65. The minimum absolute atomic E-state index is 0.149. The molecule has 0 bridgehead atoms. The fraction of sp³-hybridized carbons (Fsp3) is 0.765. The third-order valence-electron chi connectivity index (χ3n) is 4.13. The van der Waals surface area contributed by atoms with Gasteiger partial charge in [-0.25, -0.2) is 4.79 Å². The van der Waals surface area contributed by atoms with Gasteiger partial charge in [0.15, 0.2) is 6.04 Å². The van der Waals surface area contributed by atoms with Gasteiger partial charge in [0.1, 0.15) is 12.1 Å². The van der Waals surface area contributed by atoms with E-state index in [4.69, 9.17) is 10.8 Å². The van der Waals surface area contributed by atoms with Crippen LogP contribution in [0.25, 0.3) is 0 Å². The van der Waals surface area contributed by atoms with Crippen molar-refractivity contribution in [1.29, 1.82) is 0 Å². The Balaban J connectivity index is 5.19. The predicted octanol–water partition coefficient (Wildman–Crippen LogP) is -2.37. The summed E-state index contributed by atoms with van der Waals surface area (Å²) in [6.45, 7) is 3.89. The fourth-order valence-corrected chi connectivity index (χ4v) is 2.66. The second-order valence-electron chi connectivity index (χ2n) is 6.92. The van der Waals surface area contributed by atoms with Gasteiger partial charge in [0, 0.05) is 0 Å². The van der Waals surface area contributed by atoms with Crippen molar-refractivity contribution in [1.82, 2.24) is 16.0 Å². The largest absolute Gasteiger partial charge is 0.480 e. The molecule has 0 aliphatic carbocycles. The molecule has 0 heterocycles. The van der Waals surface area contributed by atoms with Crippen LogP contribution in [-0.4, -0.2) is 87.9 Å². The van der Waals surface area contributed by atoms with Crippen LogP contribution in [0.5, 0.6) is 0 Å². The van der Waals surface area contributed by atoms with Crippen molar-refractivity contribution in [2.75, 3.05) is 18.6 Å². The highest BCUT2D eigenvalue weighted by Crippen LogP contribution is 2.05. The van der Waals surface area contributed by atoms with Crippen molar-refractivity contribution in [2.45, 2.75) is 57.5 Å². The summed E-state index contributed by atoms with van der Waals surface area (Å²) >= 11 is 1.45. The van der Waals surface area contributed by atoms with E-state index in [9.17, 15) is 29.4 Å². The van der Waals surface area contributed by atoms with E-state index < -0.39 is 60.6 Å². The number of carbonyl (C=O) groups is 4. The topological polar surface area (TPSA) is 191 Å². The van der Waals surface area contributed by atoms with Crippen LogP contribution in [0.3, 0.4) is 0 Å². The molecule has 0 saturated heterocycles. The quantitative estimate of drug-likeness (QED) is 0.165. The van der Waals surface area contributed by atoms with E-state index in [1.165, 1.54) is 18.7 Å². The van der Waals surface area contributed by atoms with Gasteiger partial charge >= 0.3 is 5.97 Å². The first-order chi connectivity index (χ1) is 13.5. The lowest BCUT2D eigenvalue weighted by atomic mass is 10.0. The first-order valence-electron chi connectivity index (χ1n) is 9.13. The maximum absolute atomic E-state index is 12.6. The zero-order valence-electron chi connectivity index (χ0n) is 17.0. The Kier molecular flexibility index (Phi) is 12.5. The molecule has 0 aromatic heterocycles. The van der Waals surface area contributed by atoms with Crippen LogP contribution in [0.4, 0.5) is 0 Å². The van der Waals surface area contributed by atoms with Crippen molar-refractivity contribution in [3.8, 4) is 0 Å². The van der Waals surface area contributed by atoms with Crippen LogP contribution in [0, 0.1) is 5.92 Å². The number of thioether (sulfide) groups is 1. The lowest BCUT2D eigenvalue weighted by Crippen LogP contribution is -2.59. The van der Waals surface area contributed by atoms with E-state index >= 15 is 0 Å². The van der Waals surface area contributed by atoms with Crippen LogP contribution < -0.4 is 21.7 Å². The summed E-state index contributed by atoms with van der Waals surface area (Å²) in [5.74, 6) is -3.31. The van der Waals surface area contributed by atoms with Gasteiger partial charge in [-0.15, -0.1) is 0 Å². The van der Waals surface area contributed by atoms with Crippen molar-refractivity contribution in [3.63, 3.8) is 0 Å². The lowest BCUT2D eigenvalue weighted by Gasteiger charge is -2.25. The number of aliphatic hydroxyl groups excluding tert-OH is 2. The van der Waals surface area contributed by atoms with Crippen LogP contribution in [0.1, 0.15) is 27.2 Å². The van der Waals surface area contributed by atoms with Crippen molar-refractivity contribution >= 4 is 35.5 Å². The van der Waals surface area contributed by atoms with E-state index in [1.54, 1.807) is 13.8 Å². The Morgan fingerprint density at radius 1 is 0.966 bits per heavy atom. The molecule has 168 valence electrons. The Labute approximate surface area is 174 Å². The summed E-state index contributed by atoms with van der Waals surface area (Å²) in [6, 6.07) is -4.88. The zero-order chi connectivity index (χ0) is 22.7. The molecule has 11 nitrogen and oxygen atoms in total. The van der Waals surface area contributed by atoms with Gasteiger partial charge in [0.2, 0.25) is 17.7 Å². The van der Waals surface area contributed by atoms with Gasteiger partial charge in [-0.05, 0) is 31.3 Å². The summed E-state index contributed by atoms with van der Waals surface area (Å²) in [7, 11) is 0. The van der Waals surface area contributed by atoms with E-state index in [2.05, 4.69) is 16.0 Å². The first kappa shape index (κ1) is 27.1. The smallest absolute Gasteiger partial charge is 0.328 e. The number of carboxylic acids is 1. The maximum Gasteiger partial charge on any atom is 0.328 e. The molecule has 0 fully saturated rings. The van der Waals surface area contributed by atoms with Crippen molar-refractivity contribution in [3.05, 3.63) is 0 Å². The highest BCUT2D eigenvalue weighted by Gasteiger charge is 2.31. The van der Waals surface area contributed by atoms with E-state index in [1.807, 2.05) is 6.26 Å². The minimum atomic E-state index is -1.61. The number of carbonyl (C=O) groups excluding carboxylic acids is 3. The molecule has 0 aliphatic rings. The molecule has 8 N–H and O–H groups in total. The van der Waals surface area contributed by atoms with Crippen molar-refractivity contribution in [2.24, 2.45) is 11.7 Å². The maximum atomic E-state index is 12.6. The Morgan fingerprint density at radius 2 is 1.48 bits per heavy atom. The molecular weight excluding hydrogens is 404 g/mol. The predicted molar refractivity (Wildman–Crippen MR) is 108 cm³/mol. The van der Waals surface area contributed by atoms with Gasteiger partial charge in [-0.1, -0.05) is 13.8 Å². The van der Waals surface area contributed by atoms with Gasteiger partial charge < -0.3 is 37.0 Å². The van der Waals surface area contributed by atoms with Crippen LogP contribution in [0.15, 0.2) is 0 Å². The lowest BCUT2D eigenvalue weighted by molar-refractivity contribution is -0.145. The molecule has 0 saturated carbocycles. The monoisotopic (exact) mass is 436 g/mol. The molecule has 0 spiro atoms. The molecule has 5 atom stereocenters. The second-order valence-corrected chi connectivity index (χ2v) is 7.91. The second kappa shape index (κ2) is 13.4. The van der Waals surface area contributed by atoms with Crippen LogP contribution in [0.2, 0.25) is 0 Å². The summed E-state index contributed by atoms with van der Waals surface area (Å²) < 4.78 is 0. The van der Waals surface area contributed by atoms with Crippen LogP contribution >= 0.6 is 11.8 Å². The molecular formula is C17H32N4O7S. The van der Waals surface area contributed by atoms with E-state index in [-0.39, 0.29) is 12.3 Å². The van der Waals surface area contributed by atoms with Crippen LogP contribution in [-0.2, 0) is 19.2 Å². The molecule has 0 aromatic carbocycles. The third kappa shape index (κ3) is 9.43. The molecule has 12 heteroatoms.